The molecule has 6 nitrogen and oxygen atoms in total. The highest BCUT2D eigenvalue weighted by atomic mass is 35.5. The van der Waals surface area contributed by atoms with Gasteiger partial charge in [0.15, 0.2) is 0 Å². The van der Waals surface area contributed by atoms with Crippen molar-refractivity contribution in [1.82, 2.24) is 15.1 Å². The molecule has 2 rings (SSSR count). The van der Waals surface area contributed by atoms with Gasteiger partial charge in [-0.1, -0.05) is 18.2 Å². The quantitative estimate of drug-likeness (QED) is 0.745. The molecule has 1 aliphatic rings. The van der Waals surface area contributed by atoms with Crippen LogP contribution in [0.5, 0.6) is 0 Å². The van der Waals surface area contributed by atoms with Crippen molar-refractivity contribution in [2.75, 3.05) is 33.2 Å². The molecule has 1 aliphatic heterocycles. The summed E-state index contributed by atoms with van der Waals surface area (Å²) >= 11 is 0. The fourth-order valence-corrected chi connectivity index (χ4v) is 3.17. The third-order valence-electron chi connectivity index (χ3n) is 4.60. The first-order valence-corrected chi connectivity index (χ1v) is 8.60. The Morgan fingerprint density at radius 1 is 1.31 bits per heavy atom. The van der Waals surface area contributed by atoms with E-state index in [0.29, 0.717) is 5.56 Å². The second-order valence-electron chi connectivity index (χ2n) is 6.54. The molecule has 1 amide bonds. The molecular formula is C18H27ClFN3O3. The number of carbonyl (C=O) groups excluding carboxylic acids is 1. The van der Waals surface area contributed by atoms with Crippen molar-refractivity contribution < 1.29 is 19.1 Å². The van der Waals surface area contributed by atoms with E-state index in [1.165, 1.54) is 6.07 Å². The summed E-state index contributed by atoms with van der Waals surface area (Å²) in [6, 6.07) is 6.62. The topological polar surface area (TPSA) is 72.9 Å². The van der Waals surface area contributed by atoms with Gasteiger partial charge in [-0.25, -0.2) is 4.39 Å². The van der Waals surface area contributed by atoms with Crippen LogP contribution in [-0.2, 0) is 16.1 Å². The highest BCUT2D eigenvalue weighted by molar-refractivity contribution is 5.85. The van der Waals surface area contributed by atoms with Gasteiger partial charge in [0.25, 0.3) is 0 Å². The van der Waals surface area contributed by atoms with Crippen LogP contribution in [-0.4, -0.2) is 66.1 Å². The Hall–Kier alpha value is -1.70. The third kappa shape index (κ3) is 7.27. The van der Waals surface area contributed by atoms with E-state index in [9.17, 15) is 14.0 Å². The monoisotopic (exact) mass is 387 g/mol. The van der Waals surface area contributed by atoms with Crippen molar-refractivity contribution in [1.29, 1.82) is 0 Å². The van der Waals surface area contributed by atoms with Gasteiger partial charge in [0, 0.05) is 24.7 Å². The van der Waals surface area contributed by atoms with Gasteiger partial charge in [0.2, 0.25) is 5.91 Å². The lowest BCUT2D eigenvalue weighted by atomic mass is 10.1. The van der Waals surface area contributed by atoms with Crippen LogP contribution in [0.1, 0.15) is 24.8 Å². The average Bonchev–Trinajstić information content (AvgIpc) is 2.79. The van der Waals surface area contributed by atoms with Crippen LogP contribution in [0.2, 0.25) is 0 Å². The number of likely N-dealkylation sites (tertiary alicyclic amines) is 1. The average molecular weight is 388 g/mol. The number of carboxylic acid groups (broad SMARTS) is 1. The number of nitrogens with zero attached hydrogens (tertiary/aromatic N) is 2. The van der Waals surface area contributed by atoms with E-state index in [2.05, 4.69) is 10.2 Å². The Bertz CT molecular complexity index is 603. The normalized spacial score (nSPS) is 18.0. The Morgan fingerprint density at radius 3 is 2.73 bits per heavy atom. The molecule has 1 fully saturated rings. The number of halogens is 2. The number of carboxylic acids is 1. The minimum atomic E-state index is -0.823. The van der Waals surface area contributed by atoms with E-state index in [1.807, 2.05) is 11.9 Å². The maximum Gasteiger partial charge on any atom is 0.317 e. The van der Waals surface area contributed by atoms with Crippen molar-refractivity contribution in [3.8, 4) is 0 Å². The van der Waals surface area contributed by atoms with Gasteiger partial charge in [0.1, 0.15) is 5.82 Å². The molecule has 1 saturated heterocycles. The largest absolute Gasteiger partial charge is 0.480 e. The van der Waals surface area contributed by atoms with Crippen LogP contribution in [0.25, 0.3) is 0 Å². The summed E-state index contributed by atoms with van der Waals surface area (Å²) in [6.45, 7) is 2.06. The summed E-state index contributed by atoms with van der Waals surface area (Å²) in [7, 11) is 1.83. The maximum absolute atomic E-state index is 13.6. The molecule has 1 aromatic carbocycles. The van der Waals surface area contributed by atoms with Gasteiger partial charge in [-0.15, -0.1) is 12.4 Å². The van der Waals surface area contributed by atoms with Gasteiger partial charge in [-0.2, -0.15) is 0 Å². The summed E-state index contributed by atoms with van der Waals surface area (Å²) < 4.78 is 13.6. The number of likely N-dealkylation sites (N-methyl/N-ethyl adjacent to an activating group) is 1. The van der Waals surface area contributed by atoms with Crippen molar-refractivity contribution in [3.05, 3.63) is 35.6 Å². The number of aliphatic carboxylic acids is 1. The second-order valence-corrected chi connectivity index (χ2v) is 6.54. The molecule has 0 aliphatic carbocycles. The molecule has 0 saturated carbocycles. The molecule has 0 spiro atoms. The fourth-order valence-electron chi connectivity index (χ4n) is 3.17. The van der Waals surface area contributed by atoms with Crippen molar-refractivity contribution in [2.45, 2.75) is 31.8 Å². The Balaban J connectivity index is 0.00000338. The summed E-state index contributed by atoms with van der Waals surface area (Å²) in [4.78, 5) is 26.9. The van der Waals surface area contributed by atoms with E-state index in [0.717, 1.165) is 32.4 Å². The molecule has 1 aromatic rings. The van der Waals surface area contributed by atoms with Crippen molar-refractivity contribution in [3.63, 3.8) is 0 Å². The minimum absolute atomic E-state index is 0. The van der Waals surface area contributed by atoms with Crippen LogP contribution >= 0.6 is 12.4 Å². The number of rotatable bonds is 7. The fraction of sp³-hybridized carbons (Fsp3) is 0.556. The van der Waals surface area contributed by atoms with E-state index in [-0.39, 0.29) is 49.8 Å². The number of amides is 1. The zero-order valence-corrected chi connectivity index (χ0v) is 15.8. The van der Waals surface area contributed by atoms with Crippen LogP contribution in [0.3, 0.4) is 0 Å². The van der Waals surface area contributed by atoms with Crippen molar-refractivity contribution in [2.24, 2.45) is 0 Å². The molecule has 1 heterocycles. The zero-order chi connectivity index (χ0) is 18.2. The number of hydrogen-bond acceptors (Lipinski definition) is 4. The maximum atomic E-state index is 13.6. The summed E-state index contributed by atoms with van der Waals surface area (Å²) in [5, 5.41) is 11.7. The Labute approximate surface area is 159 Å². The number of carbonyl (C=O) groups is 2. The van der Waals surface area contributed by atoms with E-state index >= 15 is 0 Å². The molecule has 146 valence electrons. The predicted octanol–water partition coefficient (Wildman–Crippen LogP) is 1.73. The lowest BCUT2D eigenvalue weighted by molar-refractivity contribution is -0.138. The molecule has 0 aromatic heterocycles. The molecular weight excluding hydrogens is 361 g/mol. The first kappa shape index (κ1) is 22.3. The molecule has 0 radical (unpaired) electrons. The van der Waals surface area contributed by atoms with E-state index in [1.54, 1.807) is 18.2 Å². The molecule has 8 heteroatoms. The van der Waals surface area contributed by atoms with Gasteiger partial charge in [0.05, 0.1) is 13.1 Å². The van der Waals surface area contributed by atoms with Crippen LogP contribution in [0, 0.1) is 5.82 Å². The highest BCUT2D eigenvalue weighted by Gasteiger charge is 2.22. The Morgan fingerprint density at radius 2 is 2.04 bits per heavy atom. The molecule has 26 heavy (non-hydrogen) atoms. The molecule has 0 bridgehead atoms. The summed E-state index contributed by atoms with van der Waals surface area (Å²) in [6.07, 6.45) is 2.69. The van der Waals surface area contributed by atoms with Crippen LogP contribution in [0.4, 0.5) is 4.39 Å². The SMILES string of the molecule is CN(CC(=O)O)C1CCCN(CC(=O)NCc2ccccc2F)CC1.Cl. The first-order valence-electron chi connectivity index (χ1n) is 8.60. The summed E-state index contributed by atoms with van der Waals surface area (Å²) in [5.41, 5.74) is 0.474. The zero-order valence-electron chi connectivity index (χ0n) is 15.0. The summed E-state index contributed by atoms with van der Waals surface area (Å²) in [5.74, 6) is -1.27. The molecule has 1 atom stereocenters. The lowest BCUT2D eigenvalue weighted by Crippen LogP contribution is -2.39. The molecule has 1 unspecified atom stereocenters. The van der Waals surface area contributed by atoms with Gasteiger partial charge in [-0.3, -0.25) is 19.4 Å². The standard InChI is InChI=1S/C18H26FN3O3.ClH/c1-21(13-18(24)25)15-6-4-9-22(10-8-15)12-17(23)20-11-14-5-2-3-7-16(14)19;/h2-3,5,7,15H,4,6,8-13H2,1H3,(H,20,23)(H,24,25);1H. The smallest absolute Gasteiger partial charge is 0.317 e. The van der Waals surface area contributed by atoms with Crippen molar-refractivity contribution >= 4 is 24.3 Å². The van der Waals surface area contributed by atoms with Gasteiger partial charge >= 0.3 is 5.97 Å². The number of benzene rings is 1. The van der Waals surface area contributed by atoms with Crippen LogP contribution < -0.4 is 5.32 Å². The number of hydrogen-bond donors (Lipinski definition) is 2. The van der Waals surface area contributed by atoms with E-state index in [4.69, 9.17) is 5.11 Å². The predicted molar refractivity (Wildman–Crippen MR) is 99.8 cm³/mol. The first-order chi connectivity index (χ1) is 12.0. The molecule has 2 N–H and O–H groups in total. The third-order valence-corrected chi connectivity index (χ3v) is 4.60. The van der Waals surface area contributed by atoms with Gasteiger partial charge in [-0.05, 0) is 38.9 Å². The lowest BCUT2D eigenvalue weighted by Gasteiger charge is -2.25. The van der Waals surface area contributed by atoms with Gasteiger partial charge < -0.3 is 10.4 Å². The minimum Gasteiger partial charge on any atom is -0.480 e. The second kappa shape index (κ2) is 11.1. The number of nitrogens with one attached hydrogen (secondary N) is 1. The highest BCUT2D eigenvalue weighted by Crippen LogP contribution is 2.15. The van der Waals surface area contributed by atoms with E-state index < -0.39 is 5.97 Å². The van der Waals surface area contributed by atoms with Crippen LogP contribution in [0.15, 0.2) is 24.3 Å². The Kier molecular flexibility index (Phi) is 9.54.